The monoisotopic (exact) mass is 262 g/mol. The van der Waals surface area contributed by atoms with E-state index in [-0.39, 0.29) is 30.7 Å². The first-order valence-corrected chi connectivity index (χ1v) is 7.02. The summed E-state index contributed by atoms with van der Waals surface area (Å²) in [6, 6.07) is 0. The minimum absolute atomic E-state index is 0.0216. The zero-order valence-electron chi connectivity index (χ0n) is 10.8. The number of aliphatic hydroxyl groups is 1. The quantitative estimate of drug-likeness (QED) is 0.819. The fraction of sp³-hybridized carbons (Fsp3) is 0.917. The van der Waals surface area contributed by atoms with Crippen molar-refractivity contribution in [2.45, 2.75) is 45.8 Å². The lowest BCUT2D eigenvalue weighted by atomic mass is 9.84. The molecule has 1 heterocycles. The average molecular weight is 262 g/mol. The van der Waals surface area contributed by atoms with Crippen LogP contribution in [0.25, 0.3) is 0 Å². The predicted molar refractivity (Wildman–Crippen MR) is 67.9 cm³/mol. The fourth-order valence-corrected chi connectivity index (χ4v) is 2.63. The van der Waals surface area contributed by atoms with E-state index in [9.17, 15) is 4.79 Å². The Morgan fingerprint density at radius 2 is 2.18 bits per heavy atom. The summed E-state index contributed by atoms with van der Waals surface area (Å²) in [4.78, 5) is 12.1. The maximum Gasteiger partial charge on any atom is 0.197 e. The molecule has 0 bridgehead atoms. The van der Waals surface area contributed by atoms with Crippen LogP contribution in [-0.2, 0) is 14.3 Å². The topological polar surface area (TPSA) is 55.8 Å². The van der Waals surface area contributed by atoms with Gasteiger partial charge in [-0.15, -0.1) is 0 Å². The molecule has 1 aliphatic heterocycles. The standard InChI is InChI=1S/C12H22O4S/c1-4-5-17-11(14)12(2,3)10-6-9(7-13)15-8-16-10/h9-10,13H,4-8H2,1-3H3/t9-,10+/m0/s1. The summed E-state index contributed by atoms with van der Waals surface area (Å²) in [5, 5.41) is 9.24. The second-order valence-corrected chi connectivity index (χ2v) is 5.91. The highest BCUT2D eigenvalue weighted by atomic mass is 32.2. The molecule has 1 fully saturated rings. The van der Waals surface area contributed by atoms with E-state index in [0.717, 1.165) is 12.2 Å². The van der Waals surface area contributed by atoms with Gasteiger partial charge in [-0.1, -0.05) is 18.7 Å². The third-order valence-corrected chi connectivity index (χ3v) is 4.42. The summed E-state index contributed by atoms with van der Waals surface area (Å²) in [6.07, 6.45) is 1.17. The molecular formula is C12H22O4S. The van der Waals surface area contributed by atoms with Crippen LogP contribution in [0.3, 0.4) is 0 Å². The molecule has 17 heavy (non-hydrogen) atoms. The molecule has 0 radical (unpaired) electrons. The number of rotatable bonds is 5. The number of carbonyl (C=O) groups is 1. The van der Waals surface area contributed by atoms with Crippen molar-refractivity contribution in [2.24, 2.45) is 5.41 Å². The highest BCUT2D eigenvalue weighted by Gasteiger charge is 2.40. The molecule has 0 amide bonds. The van der Waals surface area contributed by atoms with Gasteiger partial charge in [-0.2, -0.15) is 0 Å². The second kappa shape index (κ2) is 6.73. The number of thioether (sulfide) groups is 1. The molecule has 5 heteroatoms. The summed E-state index contributed by atoms with van der Waals surface area (Å²) in [5.41, 5.74) is -0.531. The first-order valence-electron chi connectivity index (χ1n) is 6.03. The van der Waals surface area contributed by atoms with Crippen LogP contribution in [0.5, 0.6) is 0 Å². The van der Waals surface area contributed by atoms with Crippen LogP contribution in [0.2, 0.25) is 0 Å². The number of hydrogen-bond donors (Lipinski definition) is 1. The van der Waals surface area contributed by atoms with Gasteiger partial charge in [0.15, 0.2) is 5.12 Å². The number of hydrogen-bond acceptors (Lipinski definition) is 5. The Bertz CT molecular complexity index is 255. The van der Waals surface area contributed by atoms with Crippen molar-refractivity contribution in [3.05, 3.63) is 0 Å². The number of aliphatic hydroxyl groups excluding tert-OH is 1. The molecule has 4 nitrogen and oxygen atoms in total. The third kappa shape index (κ3) is 3.95. The SMILES string of the molecule is CCCSC(=O)C(C)(C)[C@H]1C[C@@H](CO)OCO1. The first-order chi connectivity index (χ1) is 8.02. The van der Waals surface area contributed by atoms with Crippen LogP contribution in [0.1, 0.15) is 33.6 Å². The van der Waals surface area contributed by atoms with Crippen LogP contribution in [0.4, 0.5) is 0 Å². The molecule has 0 unspecified atom stereocenters. The van der Waals surface area contributed by atoms with Gasteiger partial charge in [0.1, 0.15) is 6.79 Å². The lowest BCUT2D eigenvalue weighted by Crippen LogP contribution is -2.45. The van der Waals surface area contributed by atoms with Crippen molar-refractivity contribution in [3.63, 3.8) is 0 Å². The van der Waals surface area contributed by atoms with E-state index in [0.29, 0.717) is 6.42 Å². The Balaban J connectivity index is 2.58. The van der Waals surface area contributed by atoms with Crippen LogP contribution >= 0.6 is 11.8 Å². The predicted octanol–water partition coefficient (Wildman–Crippen LogP) is 1.81. The van der Waals surface area contributed by atoms with E-state index in [1.54, 1.807) is 0 Å². The molecule has 0 aromatic heterocycles. The molecule has 100 valence electrons. The molecule has 0 spiro atoms. The maximum absolute atomic E-state index is 12.1. The van der Waals surface area contributed by atoms with Crippen molar-refractivity contribution >= 4 is 16.9 Å². The summed E-state index contributed by atoms with van der Waals surface area (Å²) >= 11 is 1.36. The Kier molecular flexibility index (Phi) is 5.92. The van der Waals surface area contributed by atoms with Gasteiger partial charge in [-0.3, -0.25) is 4.79 Å². The maximum atomic E-state index is 12.1. The second-order valence-electron chi connectivity index (χ2n) is 4.84. The molecule has 1 N–H and O–H groups in total. The molecule has 1 aliphatic rings. The van der Waals surface area contributed by atoms with Gasteiger partial charge in [0.05, 0.1) is 24.2 Å². The lowest BCUT2D eigenvalue weighted by molar-refractivity contribution is -0.207. The molecule has 0 aromatic carbocycles. The average Bonchev–Trinajstić information content (AvgIpc) is 2.35. The van der Waals surface area contributed by atoms with E-state index in [4.69, 9.17) is 14.6 Å². The van der Waals surface area contributed by atoms with Crippen LogP contribution in [0.15, 0.2) is 0 Å². The Labute approximate surface area is 107 Å². The fourth-order valence-electron chi connectivity index (χ4n) is 1.73. The van der Waals surface area contributed by atoms with Crippen LogP contribution in [0, 0.1) is 5.41 Å². The van der Waals surface area contributed by atoms with Gasteiger partial charge in [0, 0.05) is 12.2 Å². The molecule has 0 aliphatic carbocycles. The molecule has 0 aromatic rings. The molecular weight excluding hydrogens is 240 g/mol. The smallest absolute Gasteiger partial charge is 0.197 e. The highest BCUT2D eigenvalue weighted by molar-refractivity contribution is 8.13. The van der Waals surface area contributed by atoms with Crippen molar-refractivity contribution in [1.29, 1.82) is 0 Å². The van der Waals surface area contributed by atoms with Crippen LogP contribution in [-0.4, -0.2) is 41.6 Å². The zero-order valence-corrected chi connectivity index (χ0v) is 11.6. The van der Waals surface area contributed by atoms with Gasteiger partial charge in [-0.05, 0) is 20.3 Å². The van der Waals surface area contributed by atoms with E-state index < -0.39 is 5.41 Å². The Morgan fingerprint density at radius 3 is 2.76 bits per heavy atom. The molecule has 1 rings (SSSR count). The van der Waals surface area contributed by atoms with Crippen molar-refractivity contribution in [1.82, 2.24) is 0 Å². The van der Waals surface area contributed by atoms with Crippen LogP contribution < -0.4 is 0 Å². The summed E-state index contributed by atoms with van der Waals surface area (Å²) in [7, 11) is 0. The van der Waals surface area contributed by atoms with E-state index in [1.807, 2.05) is 13.8 Å². The first kappa shape index (κ1) is 15.0. The molecule has 0 saturated carbocycles. The van der Waals surface area contributed by atoms with Gasteiger partial charge in [0.25, 0.3) is 0 Å². The van der Waals surface area contributed by atoms with Gasteiger partial charge >= 0.3 is 0 Å². The minimum Gasteiger partial charge on any atom is -0.394 e. The Morgan fingerprint density at radius 1 is 1.47 bits per heavy atom. The summed E-state index contributed by atoms with van der Waals surface area (Å²) in [6.45, 7) is 6.00. The lowest BCUT2D eigenvalue weighted by Gasteiger charge is -2.37. The number of ether oxygens (including phenoxy) is 2. The van der Waals surface area contributed by atoms with Gasteiger partial charge < -0.3 is 14.6 Å². The molecule has 1 saturated heterocycles. The highest BCUT2D eigenvalue weighted by Crippen LogP contribution is 2.34. The van der Waals surface area contributed by atoms with Gasteiger partial charge in [0.2, 0.25) is 0 Å². The van der Waals surface area contributed by atoms with E-state index in [2.05, 4.69) is 6.92 Å². The summed E-state index contributed by atoms with van der Waals surface area (Å²) < 4.78 is 10.7. The zero-order chi connectivity index (χ0) is 12.9. The third-order valence-electron chi connectivity index (χ3n) is 3.02. The normalized spacial score (nSPS) is 25.9. The van der Waals surface area contributed by atoms with Gasteiger partial charge in [-0.25, -0.2) is 0 Å². The minimum atomic E-state index is -0.531. The molecule has 2 atom stereocenters. The van der Waals surface area contributed by atoms with Crippen molar-refractivity contribution < 1.29 is 19.4 Å². The van der Waals surface area contributed by atoms with Crippen molar-refractivity contribution in [2.75, 3.05) is 19.2 Å². The Hall–Kier alpha value is -0.100. The van der Waals surface area contributed by atoms with E-state index in [1.165, 1.54) is 11.8 Å². The largest absolute Gasteiger partial charge is 0.394 e. The van der Waals surface area contributed by atoms with Crippen molar-refractivity contribution in [3.8, 4) is 0 Å². The van der Waals surface area contributed by atoms with E-state index >= 15 is 0 Å². The summed E-state index contributed by atoms with van der Waals surface area (Å²) in [5.74, 6) is 0.842. The number of carbonyl (C=O) groups excluding carboxylic acids is 1.